The van der Waals surface area contributed by atoms with Crippen LogP contribution >= 0.6 is 0 Å². The topological polar surface area (TPSA) is 72.2 Å². The molecule has 0 unspecified atom stereocenters. The molecule has 4 nitrogen and oxygen atoms in total. The van der Waals surface area contributed by atoms with Gasteiger partial charge in [-0.15, -0.1) is 0 Å². The molecule has 1 rings (SSSR count). The van der Waals surface area contributed by atoms with Crippen LogP contribution in [0.15, 0.2) is 29.2 Å². The third kappa shape index (κ3) is 3.21. The fraction of sp³-hybridized carbons (Fsp3) is 0.400. The predicted molar refractivity (Wildman–Crippen MR) is 61.7 cm³/mol. The standard InChI is InChI=1S/C10H16N2O2S/c1-2-15(13,14)10-5-3-9(4-6-10)12-8-7-11/h3-6,12H,2,7-8,11H2,1H3. The maximum Gasteiger partial charge on any atom is 0.178 e. The highest BCUT2D eigenvalue weighted by Crippen LogP contribution is 2.14. The molecule has 1 aromatic carbocycles. The summed E-state index contributed by atoms with van der Waals surface area (Å²) in [6.07, 6.45) is 0. The molecule has 0 atom stereocenters. The molecule has 0 saturated carbocycles. The Balaban J connectivity index is 2.81. The van der Waals surface area contributed by atoms with Gasteiger partial charge < -0.3 is 11.1 Å². The van der Waals surface area contributed by atoms with E-state index in [-0.39, 0.29) is 5.75 Å². The second-order valence-corrected chi connectivity index (χ2v) is 5.42. The maximum atomic E-state index is 11.5. The van der Waals surface area contributed by atoms with E-state index in [0.717, 1.165) is 5.69 Å². The lowest BCUT2D eigenvalue weighted by molar-refractivity contribution is 0.597. The van der Waals surface area contributed by atoms with E-state index in [2.05, 4.69) is 5.32 Å². The van der Waals surface area contributed by atoms with E-state index in [1.807, 2.05) is 0 Å². The average molecular weight is 228 g/mol. The van der Waals surface area contributed by atoms with Gasteiger partial charge in [0.25, 0.3) is 0 Å². The summed E-state index contributed by atoms with van der Waals surface area (Å²) in [7, 11) is -3.09. The Labute approximate surface area is 90.4 Å². The summed E-state index contributed by atoms with van der Waals surface area (Å²) in [6.45, 7) is 2.87. The Morgan fingerprint density at radius 3 is 2.33 bits per heavy atom. The molecule has 0 saturated heterocycles. The zero-order valence-electron chi connectivity index (χ0n) is 8.73. The third-order valence-corrected chi connectivity index (χ3v) is 3.82. The van der Waals surface area contributed by atoms with Crippen molar-refractivity contribution in [2.45, 2.75) is 11.8 Å². The molecule has 15 heavy (non-hydrogen) atoms. The molecule has 0 fully saturated rings. The van der Waals surface area contributed by atoms with Crippen LogP contribution in [0, 0.1) is 0 Å². The molecule has 0 aliphatic heterocycles. The smallest absolute Gasteiger partial charge is 0.178 e. The zero-order valence-corrected chi connectivity index (χ0v) is 9.55. The molecular formula is C10H16N2O2S. The van der Waals surface area contributed by atoms with Gasteiger partial charge in [0, 0.05) is 18.8 Å². The Morgan fingerprint density at radius 2 is 1.87 bits per heavy atom. The Kier molecular flexibility index (Phi) is 4.11. The van der Waals surface area contributed by atoms with Crippen molar-refractivity contribution in [2.75, 3.05) is 24.2 Å². The highest BCUT2D eigenvalue weighted by Gasteiger charge is 2.10. The van der Waals surface area contributed by atoms with E-state index < -0.39 is 9.84 Å². The molecule has 0 aliphatic rings. The zero-order chi connectivity index (χ0) is 11.3. The molecule has 0 spiro atoms. The van der Waals surface area contributed by atoms with Crippen LogP contribution < -0.4 is 11.1 Å². The van der Waals surface area contributed by atoms with Gasteiger partial charge in [0.2, 0.25) is 0 Å². The molecule has 0 radical (unpaired) electrons. The molecule has 1 aromatic rings. The lowest BCUT2D eigenvalue weighted by Gasteiger charge is -2.05. The normalized spacial score (nSPS) is 11.3. The number of anilines is 1. The van der Waals surface area contributed by atoms with Crippen molar-refractivity contribution in [1.29, 1.82) is 0 Å². The van der Waals surface area contributed by atoms with Crippen LogP contribution in [0.5, 0.6) is 0 Å². The van der Waals surface area contributed by atoms with Gasteiger partial charge in [-0.25, -0.2) is 8.42 Å². The van der Waals surface area contributed by atoms with E-state index in [1.165, 1.54) is 0 Å². The third-order valence-electron chi connectivity index (χ3n) is 2.07. The van der Waals surface area contributed by atoms with Crippen LogP contribution in [0.3, 0.4) is 0 Å². The lowest BCUT2D eigenvalue weighted by atomic mass is 10.3. The predicted octanol–water partition coefficient (Wildman–Crippen LogP) is 0.851. The van der Waals surface area contributed by atoms with Crippen molar-refractivity contribution in [3.05, 3.63) is 24.3 Å². The molecule has 84 valence electrons. The van der Waals surface area contributed by atoms with Crippen molar-refractivity contribution in [1.82, 2.24) is 0 Å². The van der Waals surface area contributed by atoms with Gasteiger partial charge in [-0.2, -0.15) is 0 Å². The minimum Gasteiger partial charge on any atom is -0.384 e. The minimum absolute atomic E-state index is 0.128. The van der Waals surface area contributed by atoms with E-state index >= 15 is 0 Å². The minimum atomic E-state index is -3.09. The molecule has 0 amide bonds. The first kappa shape index (κ1) is 12.0. The van der Waals surface area contributed by atoms with E-state index in [9.17, 15) is 8.42 Å². The van der Waals surface area contributed by atoms with Crippen LogP contribution in [-0.2, 0) is 9.84 Å². The quantitative estimate of drug-likeness (QED) is 0.783. The number of hydrogen-bond acceptors (Lipinski definition) is 4. The molecular weight excluding hydrogens is 212 g/mol. The lowest BCUT2D eigenvalue weighted by Crippen LogP contribution is -2.13. The second-order valence-electron chi connectivity index (χ2n) is 3.14. The van der Waals surface area contributed by atoms with Gasteiger partial charge in [-0.3, -0.25) is 0 Å². The fourth-order valence-corrected chi connectivity index (χ4v) is 2.05. The monoisotopic (exact) mass is 228 g/mol. The number of rotatable bonds is 5. The summed E-state index contributed by atoms with van der Waals surface area (Å²) in [5, 5.41) is 3.07. The highest BCUT2D eigenvalue weighted by molar-refractivity contribution is 7.91. The highest BCUT2D eigenvalue weighted by atomic mass is 32.2. The van der Waals surface area contributed by atoms with Gasteiger partial charge in [0.05, 0.1) is 10.6 Å². The average Bonchev–Trinajstić information content (AvgIpc) is 2.27. The first-order valence-electron chi connectivity index (χ1n) is 4.87. The van der Waals surface area contributed by atoms with Gasteiger partial charge in [-0.05, 0) is 24.3 Å². The van der Waals surface area contributed by atoms with Crippen molar-refractivity contribution in [3.8, 4) is 0 Å². The largest absolute Gasteiger partial charge is 0.384 e. The molecule has 3 N–H and O–H groups in total. The van der Waals surface area contributed by atoms with Gasteiger partial charge >= 0.3 is 0 Å². The van der Waals surface area contributed by atoms with Crippen LogP contribution in [0.4, 0.5) is 5.69 Å². The van der Waals surface area contributed by atoms with Crippen molar-refractivity contribution >= 4 is 15.5 Å². The fourth-order valence-electron chi connectivity index (χ4n) is 1.16. The number of hydrogen-bond donors (Lipinski definition) is 2. The van der Waals surface area contributed by atoms with Crippen LogP contribution in [-0.4, -0.2) is 27.3 Å². The van der Waals surface area contributed by atoms with Crippen LogP contribution in [0.25, 0.3) is 0 Å². The Bertz CT molecular complexity index is 398. The van der Waals surface area contributed by atoms with Crippen LogP contribution in [0.1, 0.15) is 6.92 Å². The first-order chi connectivity index (χ1) is 7.10. The number of sulfone groups is 1. The van der Waals surface area contributed by atoms with Gasteiger partial charge in [0.1, 0.15) is 0 Å². The molecule has 5 heteroatoms. The van der Waals surface area contributed by atoms with E-state index in [1.54, 1.807) is 31.2 Å². The first-order valence-corrected chi connectivity index (χ1v) is 6.52. The summed E-state index contributed by atoms with van der Waals surface area (Å²) < 4.78 is 23.0. The summed E-state index contributed by atoms with van der Waals surface area (Å²) >= 11 is 0. The summed E-state index contributed by atoms with van der Waals surface area (Å²) in [6, 6.07) is 6.71. The van der Waals surface area contributed by atoms with E-state index in [0.29, 0.717) is 18.0 Å². The number of nitrogens with one attached hydrogen (secondary N) is 1. The molecule has 0 bridgehead atoms. The molecule has 0 aliphatic carbocycles. The number of nitrogens with two attached hydrogens (primary N) is 1. The van der Waals surface area contributed by atoms with Gasteiger partial charge in [-0.1, -0.05) is 6.92 Å². The summed E-state index contributed by atoms with van der Waals surface area (Å²) in [5.41, 5.74) is 6.22. The van der Waals surface area contributed by atoms with Crippen molar-refractivity contribution < 1.29 is 8.42 Å². The molecule has 0 heterocycles. The van der Waals surface area contributed by atoms with Gasteiger partial charge in [0.15, 0.2) is 9.84 Å². The molecule has 0 aromatic heterocycles. The number of benzene rings is 1. The van der Waals surface area contributed by atoms with Crippen molar-refractivity contribution in [3.63, 3.8) is 0 Å². The maximum absolute atomic E-state index is 11.5. The van der Waals surface area contributed by atoms with Crippen LogP contribution in [0.2, 0.25) is 0 Å². The second kappa shape index (κ2) is 5.14. The van der Waals surface area contributed by atoms with E-state index in [4.69, 9.17) is 5.73 Å². The summed E-state index contributed by atoms with van der Waals surface area (Å²) in [4.78, 5) is 0.364. The SMILES string of the molecule is CCS(=O)(=O)c1ccc(NCCN)cc1. The Morgan fingerprint density at radius 1 is 1.27 bits per heavy atom. The Hall–Kier alpha value is -1.07. The summed E-state index contributed by atoms with van der Waals surface area (Å²) in [5.74, 6) is 0.128. The van der Waals surface area contributed by atoms with Crippen molar-refractivity contribution in [2.24, 2.45) is 5.73 Å².